The van der Waals surface area contributed by atoms with Crippen molar-refractivity contribution in [1.29, 1.82) is 0 Å². The molecular weight excluding hydrogens is 248 g/mol. The number of hydrogen-bond acceptors (Lipinski definition) is 2. The lowest BCUT2D eigenvalue weighted by atomic mass is 10.1. The number of rotatable bonds is 2. The zero-order valence-corrected chi connectivity index (χ0v) is 9.33. The number of halogens is 3. The van der Waals surface area contributed by atoms with Gasteiger partial charge in [0.15, 0.2) is 0 Å². The summed E-state index contributed by atoms with van der Waals surface area (Å²) in [6.07, 6.45) is -0.204. The fraction of sp³-hybridized carbons (Fsp3) is 0.0833. The van der Waals surface area contributed by atoms with Crippen molar-refractivity contribution < 1.29 is 13.9 Å². The molecule has 1 unspecified atom stereocenters. The molecule has 0 aliphatic carbocycles. The third-order valence-corrected chi connectivity index (χ3v) is 2.63. The molecule has 2 aromatic rings. The molecule has 2 nitrogen and oxygen atoms in total. The first-order valence-corrected chi connectivity index (χ1v) is 5.20. The van der Waals surface area contributed by atoms with Crippen molar-refractivity contribution >= 4 is 11.6 Å². The van der Waals surface area contributed by atoms with Crippen LogP contribution in [0, 0.1) is 11.6 Å². The molecule has 5 heteroatoms. The molecule has 17 heavy (non-hydrogen) atoms. The Morgan fingerprint density at radius 3 is 2.47 bits per heavy atom. The van der Waals surface area contributed by atoms with Gasteiger partial charge in [0.25, 0.3) is 0 Å². The van der Waals surface area contributed by atoms with Crippen LogP contribution in [0.2, 0.25) is 5.02 Å². The molecular formula is C12H8ClF2NO. The molecule has 88 valence electrons. The average molecular weight is 256 g/mol. The lowest BCUT2D eigenvalue weighted by Crippen LogP contribution is -2.03. The number of pyridine rings is 1. The number of nitrogens with zero attached hydrogens (tertiary/aromatic N) is 1. The summed E-state index contributed by atoms with van der Waals surface area (Å²) in [5.41, 5.74) is 0.407. The molecule has 1 heterocycles. The highest BCUT2D eigenvalue weighted by Gasteiger charge is 2.16. The monoisotopic (exact) mass is 255 g/mol. The van der Waals surface area contributed by atoms with Crippen LogP contribution >= 0.6 is 11.6 Å². The zero-order chi connectivity index (χ0) is 12.4. The van der Waals surface area contributed by atoms with E-state index < -0.39 is 17.7 Å². The van der Waals surface area contributed by atoms with Crippen LogP contribution in [0.4, 0.5) is 8.78 Å². The lowest BCUT2D eigenvalue weighted by molar-refractivity contribution is 0.214. The zero-order valence-electron chi connectivity index (χ0n) is 8.57. The van der Waals surface area contributed by atoms with Crippen molar-refractivity contribution in [1.82, 2.24) is 4.98 Å². The number of aliphatic hydroxyl groups is 1. The maximum absolute atomic E-state index is 13.0. The molecule has 0 spiro atoms. The predicted molar refractivity (Wildman–Crippen MR) is 59.7 cm³/mol. The Bertz CT molecular complexity index is 531. The van der Waals surface area contributed by atoms with Gasteiger partial charge in [0.2, 0.25) is 0 Å². The number of aliphatic hydroxyl groups excluding tert-OH is 1. The normalized spacial score (nSPS) is 12.5. The Morgan fingerprint density at radius 2 is 1.82 bits per heavy atom. The number of hydrogen-bond donors (Lipinski definition) is 1. The molecule has 1 N–H and O–H groups in total. The van der Waals surface area contributed by atoms with E-state index in [2.05, 4.69) is 4.98 Å². The van der Waals surface area contributed by atoms with Crippen LogP contribution < -0.4 is 0 Å². The topological polar surface area (TPSA) is 33.1 Å². The molecule has 0 aliphatic rings. The molecule has 0 amide bonds. The highest BCUT2D eigenvalue weighted by Crippen LogP contribution is 2.27. The summed E-state index contributed by atoms with van der Waals surface area (Å²) in [7, 11) is 0. The van der Waals surface area contributed by atoms with E-state index in [1.54, 1.807) is 0 Å². The number of benzene rings is 1. The fourth-order valence-electron chi connectivity index (χ4n) is 1.43. The maximum Gasteiger partial charge on any atom is 0.141 e. The molecule has 0 saturated carbocycles. The first kappa shape index (κ1) is 12.0. The van der Waals surface area contributed by atoms with E-state index in [1.165, 1.54) is 24.3 Å². The Kier molecular flexibility index (Phi) is 3.36. The third-order valence-electron chi connectivity index (χ3n) is 2.28. The van der Waals surface area contributed by atoms with E-state index in [9.17, 15) is 13.9 Å². The van der Waals surface area contributed by atoms with E-state index in [4.69, 9.17) is 11.6 Å². The van der Waals surface area contributed by atoms with E-state index in [-0.39, 0.29) is 16.3 Å². The Morgan fingerprint density at radius 1 is 1.12 bits per heavy atom. The minimum absolute atomic E-state index is 0.200. The first-order valence-electron chi connectivity index (χ1n) is 4.82. The van der Waals surface area contributed by atoms with E-state index in [1.807, 2.05) is 0 Å². The van der Waals surface area contributed by atoms with E-state index in [0.717, 1.165) is 12.3 Å². The molecule has 0 bridgehead atoms. The Hall–Kier alpha value is -1.52. The highest BCUT2D eigenvalue weighted by atomic mass is 35.5. The summed E-state index contributed by atoms with van der Waals surface area (Å²) in [6.45, 7) is 0. The smallest absolute Gasteiger partial charge is 0.141 e. The van der Waals surface area contributed by atoms with Crippen LogP contribution in [0.25, 0.3) is 0 Å². The molecule has 1 atom stereocenters. The van der Waals surface area contributed by atoms with Crippen molar-refractivity contribution in [2.45, 2.75) is 6.10 Å². The maximum atomic E-state index is 13.0. The van der Waals surface area contributed by atoms with Crippen LogP contribution in [0.1, 0.15) is 17.4 Å². The minimum Gasteiger partial charge on any atom is -0.382 e. The Labute approximate surface area is 102 Å². The summed E-state index contributed by atoms with van der Waals surface area (Å²) in [5.74, 6) is -1.02. The van der Waals surface area contributed by atoms with Crippen molar-refractivity contribution in [3.8, 4) is 0 Å². The van der Waals surface area contributed by atoms with Crippen molar-refractivity contribution in [2.24, 2.45) is 0 Å². The van der Waals surface area contributed by atoms with Crippen molar-refractivity contribution in [3.63, 3.8) is 0 Å². The van der Waals surface area contributed by atoms with Crippen LogP contribution in [0.3, 0.4) is 0 Å². The molecule has 1 aromatic carbocycles. The second-order valence-corrected chi connectivity index (χ2v) is 3.88. The van der Waals surface area contributed by atoms with Gasteiger partial charge in [-0.2, -0.15) is 0 Å². The van der Waals surface area contributed by atoms with Gasteiger partial charge in [-0.1, -0.05) is 11.6 Å². The van der Waals surface area contributed by atoms with Gasteiger partial charge >= 0.3 is 0 Å². The predicted octanol–water partition coefficient (Wildman–Crippen LogP) is 3.09. The summed E-state index contributed by atoms with van der Waals surface area (Å²) in [6, 6.07) is 6.15. The summed E-state index contributed by atoms with van der Waals surface area (Å²) >= 11 is 5.84. The molecule has 0 saturated heterocycles. The lowest BCUT2D eigenvalue weighted by Gasteiger charge is -2.12. The second kappa shape index (κ2) is 4.77. The minimum atomic E-state index is -1.18. The highest BCUT2D eigenvalue weighted by molar-refractivity contribution is 6.31. The first-order chi connectivity index (χ1) is 8.08. The van der Waals surface area contributed by atoms with Gasteiger partial charge in [-0.15, -0.1) is 0 Å². The van der Waals surface area contributed by atoms with Crippen LogP contribution in [0.15, 0.2) is 36.5 Å². The second-order valence-electron chi connectivity index (χ2n) is 3.47. The van der Waals surface area contributed by atoms with Gasteiger partial charge < -0.3 is 5.11 Å². The molecule has 0 aliphatic heterocycles. The fourth-order valence-corrected chi connectivity index (χ4v) is 1.65. The third kappa shape index (κ3) is 2.60. The quantitative estimate of drug-likeness (QED) is 0.895. The van der Waals surface area contributed by atoms with Crippen LogP contribution in [-0.2, 0) is 0 Å². The molecule has 0 fully saturated rings. The van der Waals surface area contributed by atoms with Gasteiger partial charge in [-0.3, -0.25) is 4.98 Å². The molecule has 1 aromatic heterocycles. The summed E-state index contributed by atoms with van der Waals surface area (Å²) in [5, 5.41) is 10.2. The van der Waals surface area contributed by atoms with Gasteiger partial charge in [-0.05, 0) is 30.3 Å². The van der Waals surface area contributed by atoms with Gasteiger partial charge in [0, 0.05) is 10.6 Å². The van der Waals surface area contributed by atoms with Crippen molar-refractivity contribution in [2.75, 3.05) is 0 Å². The Balaban J connectivity index is 2.39. The van der Waals surface area contributed by atoms with E-state index in [0.29, 0.717) is 0 Å². The SMILES string of the molecule is OC(c1ccc(F)cn1)c1cc(F)ccc1Cl. The summed E-state index contributed by atoms with van der Waals surface area (Å²) in [4.78, 5) is 3.72. The summed E-state index contributed by atoms with van der Waals surface area (Å²) < 4.78 is 25.7. The van der Waals surface area contributed by atoms with Crippen molar-refractivity contribution in [3.05, 3.63) is 64.4 Å². The molecule has 0 radical (unpaired) electrons. The van der Waals surface area contributed by atoms with Crippen LogP contribution in [0.5, 0.6) is 0 Å². The van der Waals surface area contributed by atoms with Crippen LogP contribution in [-0.4, -0.2) is 10.1 Å². The van der Waals surface area contributed by atoms with Gasteiger partial charge in [-0.25, -0.2) is 8.78 Å². The van der Waals surface area contributed by atoms with E-state index >= 15 is 0 Å². The largest absolute Gasteiger partial charge is 0.382 e. The van der Waals surface area contributed by atoms with Gasteiger partial charge in [0.1, 0.15) is 17.7 Å². The van der Waals surface area contributed by atoms with Gasteiger partial charge in [0.05, 0.1) is 11.9 Å². The average Bonchev–Trinajstić information content (AvgIpc) is 2.32. The number of aromatic nitrogens is 1. The molecule has 2 rings (SSSR count). The standard InChI is InChI=1S/C12H8ClF2NO/c13-10-3-1-7(14)5-9(10)12(17)11-4-2-8(15)6-16-11/h1-6,12,17H.